The van der Waals surface area contributed by atoms with Gasteiger partial charge in [-0.2, -0.15) is 0 Å². The molecule has 0 spiro atoms. The Morgan fingerprint density at radius 2 is 1.65 bits per heavy atom. The van der Waals surface area contributed by atoms with E-state index in [2.05, 4.69) is 28.2 Å². The van der Waals surface area contributed by atoms with E-state index in [-0.39, 0.29) is 19.6 Å². The first kappa shape index (κ1) is 31.5. The zero-order chi connectivity index (χ0) is 27.8. The Labute approximate surface area is 220 Å². The van der Waals surface area contributed by atoms with Crippen LogP contribution in [0.2, 0.25) is 0 Å². The molecule has 2 N–H and O–H groups in total. The molecular formula is C28H41N3O6. The Morgan fingerprint density at radius 1 is 1.00 bits per heavy atom. The Morgan fingerprint density at radius 3 is 2.27 bits per heavy atom. The topological polar surface area (TPSA) is 114 Å². The summed E-state index contributed by atoms with van der Waals surface area (Å²) in [5.41, 5.74) is 0.165. The number of esters is 1. The molecule has 0 radical (unpaired) electrons. The predicted octanol–water partition coefficient (Wildman–Crippen LogP) is 3.71. The maximum atomic E-state index is 13.4. The quantitative estimate of drug-likeness (QED) is 0.222. The summed E-state index contributed by atoms with van der Waals surface area (Å²) in [7, 11) is 1.22. The fraction of sp³-hybridized carbons (Fsp3) is 0.571. The second-order valence-corrected chi connectivity index (χ2v) is 9.64. The van der Waals surface area contributed by atoms with Crippen LogP contribution in [-0.2, 0) is 23.9 Å². The van der Waals surface area contributed by atoms with Gasteiger partial charge in [0.2, 0.25) is 11.8 Å². The fourth-order valence-electron chi connectivity index (χ4n) is 3.67. The van der Waals surface area contributed by atoms with Crippen LogP contribution in [0.4, 0.5) is 4.79 Å². The van der Waals surface area contributed by atoms with Crippen molar-refractivity contribution in [2.45, 2.75) is 77.9 Å². The molecule has 0 aromatic heterocycles. The van der Waals surface area contributed by atoms with Crippen LogP contribution < -0.4 is 10.6 Å². The summed E-state index contributed by atoms with van der Waals surface area (Å²) in [5, 5.41) is 5.02. The first-order valence-electron chi connectivity index (χ1n) is 12.7. The summed E-state index contributed by atoms with van der Waals surface area (Å²) < 4.78 is 9.86. The van der Waals surface area contributed by atoms with Crippen molar-refractivity contribution in [3.63, 3.8) is 0 Å². The molecule has 0 aliphatic rings. The number of nitrogens with one attached hydrogen (secondary N) is 2. The number of carbonyl (C=O) groups excluding carboxylic acids is 4. The molecule has 9 nitrogen and oxygen atoms in total. The highest BCUT2D eigenvalue weighted by Crippen LogP contribution is 2.25. The van der Waals surface area contributed by atoms with Crippen molar-refractivity contribution < 1.29 is 28.7 Å². The maximum Gasteiger partial charge on any atom is 0.408 e. The maximum absolute atomic E-state index is 13.4. The van der Waals surface area contributed by atoms with E-state index in [1.165, 1.54) is 12.0 Å². The van der Waals surface area contributed by atoms with Gasteiger partial charge in [-0.05, 0) is 38.8 Å². The third-order valence-corrected chi connectivity index (χ3v) is 5.46. The zero-order valence-electron chi connectivity index (χ0n) is 22.7. The summed E-state index contributed by atoms with van der Waals surface area (Å²) >= 11 is 0. The molecule has 1 atom stereocenters. The van der Waals surface area contributed by atoms with E-state index in [9.17, 15) is 19.2 Å². The van der Waals surface area contributed by atoms with E-state index in [0.717, 1.165) is 32.1 Å². The smallest absolute Gasteiger partial charge is 0.408 e. The van der Waals surface area contributed by atoms with Gasteiger partial charge in [0.05, 0.1) is 7.11 Å². The highest BCUT2D eigenvalue weighted by molar-refractivity contribution is 5.92. The number of benzene rings is 1. The van der Waals surface area contributed by atoms with Gasteiger partial charge in [-0.1, -0.05) is 63.1 Å². The van der Waals surface area contributed by atoms with Crippen LogP contribution in [0.25, 0.3) is 0 Å². The second-order valence-electron chi connectivity index (χ2n) is 9.64. The minimum Gasteiger partial charge on any atom is -0.468 e. The molecule has 1 aromatic rings. The molecule has 0 heterocycles. The van der Waals surface area contributed by atoms with E-state index < -0.39 is 35.5 Å². The summed E-state index contributed by atoms with van der Waals surface area (Å²) in [6.07, 6.45) is 10.8. The molecule has 0 aliphatic heterocycles. The fourth-order valence-corrected chi connectivity index (χ4v) is 3.67. The molecule has 9 heteroatoms. The Bertz CT molecular complexity index is 948. The molecule has 0 bridgehead atoms. The largest absolute Gasteiger partial charge is 0.468 e. The van der Waals surface area contributed by atoms with Gasteiger partial charge < -0.3 is 25.0 Å². The van der Waals surface area contributed by atoms with Crippen molar-refractivity contribution >= 4 is 23.9 Å². The molecule has 204 valence electrons. The molecule has 0 saturated carbocycles. The van der Waals surface area contributed by atoms with Crippen LogP contribution >= 0.6 is 0 Å². The molecule has 1 unspecified atom stereocenters. The summed E-state index contributed by atoms with van der Waals surface area (Å²) in [5.74, 6) is 0.880. The lowest BCUT2D eigenvalue weighted by molar-refractivity contribution is -0.143. The van der Waals surface area contributed by atoms with Gasteiger partial charge in [0.1, 0.15) is 24.7 Å². The standard InChI is InChI=1S/C28H41N3O6/c1-7-9-10-11-12-15-18-31(23(32)19-30-27(35)37-28(3,4)5)25(26(34)29-20-24(33)36-6)22-17-14-13-16-21(22)8-2/h2,13-14,16-17,25H,7,9-12,15,18-20H2,1,3-6H3,(H,29,34)(H,30,35). The lowest BCUT2D eigenvalue weighted by atomic mass is 9.97. The van der Waals surface area contributed by atoms with E-state index in [0.29, 0.717) is 17.5 Å². The SMILES string of the molecule is C#Cc1ccccc1C(C(=O)NCC(=O)OC)N(CCCCCCCC)C(=O)CNC(=O)OC(C)(C)C. The number of ether oxygens (including phenoxy) is 2. The summed E-state index contributed by atoms with van der Waals surface area (Å²) in [6.45, 7) is 6.82. The number of hydrogen-bond donors (Lipinski definition) is 2. The molecule has 37 heavy (non-hydrogen) atoms. The minimum atomic E-state index is -1.11. The Hall–Kier alpha value is -3.54. The number of nitrogens with zero attached hydrogens (tertiary/aromatic N) is 1. The average Bonchev–Trinajstić information content (AvgIpc) is 2.86. The molecular weight excluding hydrogens is 474 g/mol. The van der Waals surface area contributed by atoms with Crippen LogP contribution in [0, 0.1) is 12.3 Å². The molecule has 0 saturated heterocycles. The van der Waals surface area contributed by atoms with E-state index >= 15 is 0 Å². The molecule has 0 fully saturated rings. The Balaban J connectivity index is 3.25. The lowest BCUT2D eigenvalue weighted by Gasteiger charge is -2.32. The van der Waals surface area contributed by atoms with Crippen LogP contribution in [0.15, 0.2) is 24.3 Å². The first-order valence-corrected chi connectivity index (χ1v) is 12.7. The third kappa shape index (κ3) is 11.8. The highest BCUT2D eigenvalue weighted by Gasteiger charge is 2.33. The van der Waals surface area contributed by atoms with E-state index in [1.54, 1.807) is 45.0 Å². The number of methoxy groups -OCH3 is 1. The predicted molar refractivity (Wildman–Crippen MR) is 141 cm³/mol. The van der Waals surface area contributed by atoms with Crippen molar-refractivity contribution in [1.29, 1.82) is 0 Å². The van der Waals surface area contributed by atoms with E-state index in [1.807, 2.05) is 0 Å². The van der Waals surface area contributed by atoms with Crippen LogP contribution in [0.3, 0.4) is 0 Å². The zero-order valence-corrected chi connectivity index (χ0v) is 22.7. The lowest BCUT2D eigenvalue weighted by Crippen LogP contribution is -2.49. The number of unbranched alkanes of at least 4 members (excludes halogenated alkanes) is 5. The number of alkyl carbamates (subject to hydrolysis) is 1. The van der Waals surface area contributed by atoms with Gasteiger partial charge in [-0.3, -0.25) is 14.4 Å². The minimum absolute atomic E-state index is 0.260. The van der Waals surface area contributed by atoms with Gasteiger partial charge in [0.15, 0.2) is 0 Å². The van der Waals surface area contributed by atoms with Gasteiger partial charge >= 0.3 is 12.1 Å². The molecule has 3 amide bonds. The van der Waals surface area contributed by atoms with Gasteiger partial charge in [-0.15, -0.1) is 6.42 Å². The molecule has 0 aliphatic carbocycles. The monoisotopic (exact) mass is 515 g/mol. The van der Waals surface area contributed by atoms with Crippen molar-refractivity contribution in [3.8, 4) is 12.3 Å². The van der Waals surface area contributed by atoms with Crippen LogP contribution in [0.1, 0.15) is 83.4 Å². The number of carbonyl (C=O) groups is 4. The second kappa shape index (κ2) is 16.3. The molecule has 1 aromatic carbocycles. The van der Waals surface area contributed by atoms with E-state index in [4.69, 9.17) is 11.2 Å². The summed E-state index contributed by atoms with van der Waals surface area (Å²) in [6, 6.07) is 5.72. The summed E-state index contributed by atoms with van der Waals surface area (Å²) in [4.78, 5) is 52.1. The van der Waals surface area contributed by atoms with Gasteiger partial charge in [-0.25, -0.2) is 4.79 Å². The number of terminal acetylenes is 1. The third-order valence-electron chi connectivity index (χ3n) is 5.46. The van der Waals surface area contributed by atoms with Crippen molar-refractivity contribution in [2.24, 2.45) is 0 Å². The first-order chi connectivity index (χ1) is 17.5. The number of amides is 3. The highest BCUT2D eigenvalue weighted by atomic mass is 16.6. The number of rotatable bonds is 14. The van der Waals surface area contributed by atoms with Crippen LogP contribution in [-0.4, -0.2) is 61.1 Å². The normalized spacial score (nSPS) is 11.6. The molecule has 1 rings (SSSR count). The van der Waals surface area contributed by atoms with Crippen molar-refractivity contribution in [1.82, 2.24) is 15.5 Å². The average molecular weight is 516 g/mol. The van der Waals surface area contributed by atoms with Gasteiger partial charge in [0, 0.05) is 12.1 Å². The Kier molecular flexibility index (Phi) is 13.8. The van der Waals surface area contributed by atoms with Crippen LogP contribution in [0.5, 0.6) is 0 Å². The van der Waals surface area contributed by atoms with Gasteiger partial charge in [0.25, 0.3) is 0 Å². The van der Waals surface area contributed by atoms with Crippen molar-refractivity contribution in [2.75, 3.05) is 26.7 Å². The number of hydrogen-bond acceptors (Lipinski definition) is 6. The van der Waals surface area contributed by atoms with Crippen molar-refractivity contribution in [3.05, 3.63) is 35.4 Å².